The monoisotopic (exact) mass is 153 g/mol. The molecule has 1 rings (SSSR count). The third kappa shape index (κ3) is 2.12. The molecule has 0 spiro atoms. The molecule has 2 N–H and O–H groups in total. The van der Waals surface area contributed by atoms with Gasteiger partial charge in [0.05, 0.1) is 18.3 Å². The van der Waals surface area contributed by atoms with Crippen LogP contribution in [0.25, 0.3) is 0 Å². The Kier molecular flexibility index (Phi) is 2.74. The van der Waals surface area contributed by atoms with Crippen molar-refractivity contribution in [1.29, 1.82) is 0 Å². The van der Waals surface area contributed by atoms with E-state index in [1.54, 1.807) is 12.5 Å². The van der Waals surface area contributed by atoms with E-state index in [1.165, 1.54) is 0 Å². The topological polar surface area (TPSA) is 70.7 Å². The molecule has 0 saturated heterocycles. The molecule has 0 fully saturated rings. The fourth-order valence-electron chi connectivity index (χ4n) is 0.721. The standard InChI is InChI=1S/C6H9N4O/c1-5(7-2-3-11)6-4-8-10-9-6/h4-5,7H,2H2,1H3,(H,8,9,10). The predicted molar refractivity (Wildman–Crippen MR) is 38.5 cm³/mol. The van der Waals surface area contributed by atoms with Crippen molar-refractivity contribution in [3.8, 4) is 0 Å². The molecule has 0 aliphatic carbocycles. The second-order valence-corrected chi connectivity index (χ2v) is 2.15. The van der Waals surface area contributed by atoms with Crippen LogP contribution in [-0.4, -0.2) is 28.2 Å². The third-order valence-electron chi connectivity index (χ3n) is 1.36. The highest BCUT2D eigenvalue weighted by Crippen LogP contribution is 2.04. The number of nitrogens with zero attached hydrogens (tertiary/aromatic N) is 2. The van der Waals surface area contributed by atoms with Crippen LogP contribution in [0, 0.1) is 0 Å². The van der Waals surface area contributed by atoms with Gasteiger partial charge in [0.2, 0.25) is 6.29 Å². The van der Waals surface area contributed by atoms with Crippen molar-refractivity contribution in [3.63, 3.8) is 0 Å². The van der Waals surface area contributed by atoms with Crippen LogP contribution < -0.4 is 5.32 Å². The van der Waals surface area contributed by atoms with Crippen LogP contribution in [0.4, 0.5) is 0 Å². The van der Waals surface area contributed by atoms with Crippen molar-refractivity contribution in [2.75, 3.05) is 6.54 Å². The van der Waals surface area contributed by atoms with Crippen LogP contribution in [0.2, 0.25) is 0 Å². The lowest BCUT2D eigenvalue weighted by atomic mass is 10.2. The van der Waals surface area contributed by atoms with Gasteiger partial charge in [0.1, 0.15) is 0 Å². The van der Waals surface area contributed by atoms with E-state index in [2.05, 4.69) is 20.7 Å². The van der Waals surface area contributed by atoms with E-state index in [4.69, 9.17) is 0 Å². The highest BCUT2D eigenvalue weighted by Gasteiger charge is 2.05. The molecule has 0 aromatic carbocycles. The second kappa shape index (κ2) is 3.82. The van der Waals surface area contributed by atoms with Gasteiger partial charge in [-0.2, -0.15) is 0 Å². The number of aromatic nitrogens is 3. The molecule has 0 aliphatic heterocycles. The number of hydrogen-bond acceptors (Lipinski definition) is 4. The van der Waals surface area contributed by atoms with Gasteiger partial charge in [-0.1, -0.05) is 5.21 Å². The van der Waals surface area contributed by atoms with Gasteiger partial charge in [-0.15, -0.1) is 5.10 Å². The summed E-state index contributed by atoms with van der Waals surface area (Å²) in [6.45, 7) is 2.11. The SMILES string of the molecule is CC(NC[C]=O)c1c[nH]nn1. The zero-order valence-corrected chi connectivity index (χ0v) is 6.16. The van der Waals surface area contributed by atoms with Crippen molar-refractivity contribution >= 4 is 6.29 Å². The Morgan fingerprint density at radius 1 is 1.91 bits per heavy atom. The van der Waals surface area contributed by atoms with Gasteiger partial charge in [-0.25, -0.2) is 0 Å². The molecule has 0 amide bonds. The maximum atomic E-state index is 9.85. The van der Waals surface area contributed by atoms with Crippen LogP contribution in [0.1, 0.15) is 18.7 Å². The fourth-order valence-corrected chi connectivity index (χ4v) is 0.721. The first-order valence-corrected chi connectivity index (χ1v) is 3.29. The number of aromatic amines is 1. The smallest absolute Gasteiger partial charge is 0.213 e. The van der Waals surface area contributed by atoms with E-state index in [1.807, 2.05) is 6.92 Å². The summed E-state index contributed by atoms with van der Waals surface area (Å²) in [7, 11) is 0. The average molecular weight is 153 g/mol. The Hall–Kier alpha value is -1.23. The summed E-state index contributed by atoms with van der Waals surface area (Å²) in [5.41, 5.74) is 0.792. The second-order valence-electron chi connectivity index (χ2n) is 2.15. The fraction of sp³-hybridized carbons (Fsp3) is 0.500. The van der Waals surface area contributed by atoms with E-state index in [9.17, 15) is 4.79 Å². The molecule has 5 heteroatoms. The number of rotatable bonds is 4. The first kappa shape index (κ1) is 7.87. The summed E-state index contributed by atoms with van der Waals surface area (Å²) in [5.74, 6) is 0. The minimum absolute atomic E-state index is 0.0372. The van der Waals surface area contributed by atoms with Gasteiger partial charge in [-0.05, 0) is 6.92 Å². The molecule has 59 valence electrons. The van der Waals surface area contributed by atoms with Crippen molar-refractivity contribution in [3.05, 3.63) is 11.9 Å². The van der Waals surface area contributed by atoms with Crippen LogP contribution >= 0.6 is 0 Å². The van der Waals surface area contributed by atoms with Gasteiger partial charge in [0.25, 0.3) is 0 Å². The number of hydrogen-bond donors (Lipinski definition) is 2. The summed E-state index contributed by atoms with van der Waals surface area (Å²) in [6, 6.07) is 0.0372. The molecule has 1 aromatic rings. The van der Waals surface area contributed by atoms with Gasteiger partial charge >= 0.3 is 0 Å². The Labute approximate surface area is 64.2 Å². The molecule has 0 saturated carbocycles. The average Bonchev–Trinajstić information content (AvgIpc) is 2.52. The van der Waals surface area contributed by atoms with Crippen LogP contribution in [0.5, 0.6) is 0 Å². The zero-order chi connectivity index (χ0) is 8.10. The highest BCUT2D eigenvalue weighted by molar-refractivity contribution is 5.52. The van der Waals surface area contributed by atoms with Gasteiger partial charge in [0, 0.05) is 6.20 Å². The van der Waals surface area contributed by atoms with Crippen molar-refractivity contribution < 1.29 is 4.79 Å². The predicted octanol–water partition coefficient (Wildman–Crippen LogP) is -0.435. The summed E-state index contributed by atoms with van der Waals surface area (Å²) < 4.78 is 0. The Morgan fingerprint density at radius 3 is 3.27 bits per heavy atom. The van der Waals surface area contributed by atoms with Crippen LogP contribution in [-0.2, 0) is 4.79 Å². The van der Waals surface area contributed by atoms with Crippen molar-refractivity contribution in [2.45, 2.75) is 13.0 Å². The summed E-state index contributed by atoms with van der Waals surface area (Å²) in [6.07, 6.45) is 3.42. The molecule has 5 nitrogen and oxygen atoms in total. The lowest BCUT2D eigenvalue weighted by Crippen LogP contribution is -2.20. The lowest BCUT2D eigenvalue weighted by Gasteiger charge is -2.05. The van der Waals surface area contributed by atoms with Crippen LogP contribution in [0.15, 0.2) is 6.20 Å². The normalized spacial score (nSPS) is 12.8. The molecule has 1 atom stereocenters. The van der Waals surface area contributed by atoms with E-state index < -0.39 is 0 Å². The minimum Gasteiger partial charge on any atom is -0.301 e. The Bertz CT molecular complexity index is 208. The summed E-state index contributed by atoms with van der Waals surface area (Å²) in [5, 5.41) is 12.8. The van der Waals surface area contributed by atoms with Crippen molar-refractivity contribution in [1.82, 2.24) is 20.7 Å². The molecule has 1 radical (unpaired) electrons. The van der Waals surface area contributed by atoms with E-state index in [0.29, 0.717) is 0 Å². The molecular weight excluding hydrogens is 144 g/mol. The zero-order valence-electron chi connectivity index (χ0n) is 6.16. The Balaban J connectivity index is 2.42. The third-order valence-corrected chi connectivity index (χ3v) is 1.36. The van der Waals surface area contributed by atoms with Gasteiger partial charge in [-0.3, -0.25) is 9.89 Å². The quantitative estimate of drug-likeness (QED) is 0.615. The molecule has 1 unspecified atom stereocenters. The summed E-state index contributed by atoms with van der Waals surface area (Å²) >= 11 is 0. The first-order valence-electron chi connectivity index (χ1n) is 3.29. The van der Waals surface area contributed by atoms with E-state index >= 15 is 0 Å². The molecule has 1 heterocycles. The lowest BCUT2D eigenvalue weighted by molar-refractivity contribution is 0.534. The van der Waals surface area contributed by atoms with Crippen LogP contribution in [0.3, 0.4) is 0 Å². The molecule has 1 aromatic heterocycles. The summed E-state index contributed by atoms with van der Waals surface area (Å²) in [4.78, 5) is 9.85. The van der Waals surface area contributed by atoms with E-state index in [0.717, 1.165) is 5.69 Å². The number of nitrogens with one attached hydrogen (secondary N) is 2. The molecular formula is C6H9N4O. The van der Waals surface area contributed by atoms with Crippen molar-refractivity contribution in [2.24, 2.45) is 0 Å². The Morgan fingerprint density at radius 2 is 2.73 bits per heavy atom. The maximum absolute atomic E-state index is 9.85. The molecule has 11 heavy (non-hydrogen) atoms. The number of carbonyl (C=O) groups excluding carboxylic acids is 1. The first-order chi connectivity index (χ1) is 5.34. The van der Waals surface area contributed by atoms with E-state index in [-0.39, 0.29) is 12.6 Å². The highest BCUT2D eigenvalue weighted by atomic mass is 16.1. The van der Waals surface area contributed by atoms with Gasteiger partial charge in [0.15, 0.2) is 0 Å². The maximum Gasteiger partial charge on any atom is 0.213 e. The number of H-pyrrole nitrogens is 1. The molecule has 0 bridgehead atoms. The minimum atomic E-state index is 0.0372. The molecule has 0 aliphatic rings. The van der Waals surface area contributed by atoms with Gasteiger partial charge < -0.3 is 5.32 Å². The largest absolute Gasteiger partial charge is 0.301 e.